The van der Waals surface area contributed by atoms with Crippen LogP contribution in [0.3, 0.4) is 0 Å². The zero-order valence-corrected chi connectivity index (χ0v) is 12.0. The van der Waals surface area contributed by atoms with Crippen molar-refractivity contribution in [1.82, 2.24) is 0 Å². The number of hydrogen-bond acceptors (Lipinski definition) is 4. The number of unbranched alkanes of at least 4 members (excludes halogenated alkanes) is 1. The molecule has 6 heteroatoms. The van der Waals surface area contributed by atoms with E-state index in [0.717, 1.165) is 12.8 Å². The van der Waals surface area contributed by atoms with Crippen LogP contribution < -0.4 is 51.4 Å². The molecule has 0 N–H and O–H groups in total. The molecule has 4 nitrogen and oxygen atoms in total. The Labute approximate surface area is 125 Å². The van der Waals surface area contributed by atoms with Gasteiger partial charge in [0.1, 0.15) is 11.4 Å². The first-order valence-electron chi connectivity index (χ1n) is 3.56. The van der Waals surface area contributed by atoms with E-state index in [1.165, 1.54) is 6.92 Å². The first-order chi connectivity index (χ1) is 5.57. The van der Waals surface area contributed by atoms with Gasteiger partial charge < -0.3 is 10.2 Å². The molecule has 0 heterocycles. The quantitative estimate of drug-likeness (QED) is 0.325. The standard InChI is InChI=1S/C7H12O4S.K.H/c1-3-4-5-6(2)7(8)11-12(9)10;;/h5H,3-4H2,1-2H3,(H,9,10);;/q;+1;-1/p-1. The third-order valence-corrected chi connectivity index (χ3v) is 1.49. The van der Waals surface area contributed by atoms with E-state index in [1.807, 2.05) is 6.92 Å². The second kappa shape index (κ2) is 9.51. The van der Waals surface area contributed by atoms with Crippen molar-refractivity contribution in [3.63, 3.8) is 0 Å². The molecule has 0 saturated heterocycles. The van der Waals surface area contributed by atoms with Crippen molar-refractivity contribution in [2.45, 2.75) is 26.7 Å². The Morgan fingerprint density at radius 2 is 2.23 bits per heavy atom. The Morgan fingerprint density at radius 1 is 1.69 bits per heavy atom. The van der Waals surface area contributed by atoms with E-state index in [9.17, 15) is 13.6 Å². The Balaban J connectivity index is -0.000000605. The molecule has 0 saturated carbocycles. The van der Waals surface area contributed by atoms with Crippen LogP contribution in [-0.2, 0) is 20.3 Å². The minimum absolute atomic E-state index is 0. The van der Waals surface area contributed by atoms with Gasteiger partial charge in [-0.05, 0) is 13.3 Å². The van der Waals surface area contributed by atoms with Crippen LogP contribution in [0, 0.1) is 0 Å². The molecule has 0 aliphatic heterocycles. The van der Waals surface area contributed by atoms with Crippen LogP contribution in [-0.4, -0.2) is 14.7 Å². The van der Waals surface area contributed by atoms with E-state index in [1.54, 1.807) is 6.08 Å². The van der Waals surface area contributed by atoms with Gasteiger partial charge in [0.15, 0.2) is 0 Å². The van der Waals surface area contributed by atoms with Gasteiger partial charge in [-0.25, -0.2) is 9.00 Å². The fourth-order valence-electron chi connectivity index (χ4n) is 0.572. The number of allylic oxidation sites excluding steroid dienone is 1. The summed E-state index contributed by atoms with van der Waals surface area (Å²) in [4.78, 5) is 10.8. The van der Waals surface area contributed by atoms with Gasteiger partial charge in [-0.1, -0.05) is 19.4 Å². The summed E-state index contributed by atoms with van der Waals surface area (Å²) in [6.07, 6.45) is 3.30. The summed E-state index contributed by atoms with van der Waals surface area (Å²) in [6, 6.07) is 0. The number of rotatable bonds is 4. The molecule has 0 fully saturated rings. The monoisotopic (exact) mass is 231 g/mol. The summed E-state index contributed by atoms with van der Waals surface area (Å²) in [5.41, 5.74) is 0.320. The van der Waals surface area contributed by atoms with Gasteiger partial charge in [0.05, 0.1) is 0 Å². The van der Waals surface area contributed by atoms with Gasteiger partial charge in [0.25, 0.3) is 0 Å². The van der Waals surface area contributed by atoms with Gasteiger partial charge >= 0.3 is 57.4 Å². The van der Waals surface area contributed by atoms with E-state index >= 15 is 0 Å². The summed E-state index contributed by atoms with van der Waals surface area (Å²) < 4.78 is 23.8. The second-order valence-electron chi connectivity index (χ2n) is 2.25. The van der Waals surface area contributed by atoms with Crippen molar-refractivity contribution >= 4 is 17.3 Å². The zero-order valence-electron chi connectivity index (χ0n) is 9.03. The third kappa shape index (κ3) is 9.27. The molecule has 13 heavy (non-hydrogen) atoms. The van der Waals surface area contributed by atoms with Crippen LogP contribution in [0.25, 0.3) is 0 Å². The molecule has 1 unspecified atom stereocenters. The predicted molar refractivity (Wildman–Crippen MR) is 44.8 cm³/mol. The molecule has 0 spiro atoms. The summed E-state index contributed by atoms with van der Waals surface area (Å²) in [5, 5.41) is 0. The molecule has 0 aliphatic rings. The van der Waals surface area contributed by atoms with E-state index in [2.05, 4.69) is 4.18 Å². The van der Waals surface area contributed by atoms with Crippen LogP contribution in [0.2, 0.25) is 0 Å². The first kappa shape index (κ1) is 16.4. The maximum atomic E-state index is 10.8. The predicted octanol–water partition coefficient (Wildman–Crippen LogP) is -1.81. The maximum Gasteiger partial charge on any atom is 1.00 e. The Hall–Kier alpha value is 0.956. The van der Waals surface area contributed by atoms with Crippen molar-refractivity contribution in [3.8, 4) is 0 Å². The number of hydrogen-bond donors (Lipinski definition) is 0. The van der Waals surface area contributed by atoms with Gasteiger partial charge in [0.2, 0.25) is 0 Å². The molecule has 0 bridgehead atoms. The molecule has 0 aromatic carbocycles. The van der Waals surface area contributed by atoms with E-state index in [4.69, 9.17) is 0 Å². The summed E-state index contributed by atoms with van der Waals surface area (Å²) in [7, 11) is 0. The van der Waals surface area contributed by atoms with E-state index in [-0.39, 0.29) is 52.8 Å². The summed E-state index contributed by atoms with van der Waals surface area (Å²) in [6.45, 7) is 3.48. The molecule has 0 aliphatic carbocycles. The van der Waals surface area contributed by atoms with Gasteiger partial charge in [-0.15, -0.1) is 0 Å². The number of carbonyl (C=O) groups is 1. The van der Waals surface area contributed by atoms with Crippen LogP contribution in [0.4, 0.5) is 0 Å². The van der Waals surface area contributed by atoms with Crippen molar-refractivity contribution in [2.24, 2.45) is 0 Å². The smallest absolute Gasteiger partial charge is 1.00 e. The first-order valence-corrected chi connectivity index (χ1v) is 4.56. The van der Waals surface area contributed by atoms with Crippen molar-refractivity contribution in [2.75, 3.05) is 0 Å². The molecular weight excluding hydrogens is 219 g/mol. The van der Waals surface area contributed by atoms with Gasteiger partial charge in [-0.3, -0.25) is 0 Å². The minimum atomic E-state index is -2.76. The van der Waals surface area contributed by atoms with Crippen molar-refractivity contribution in [1.29, 1.82) is 0 Å². The van der Waals surface area contributed by atoms with Crippen molar-refractivity contribution < 1.29 is 70.6 Å². The third-order valence-electron chi connectivity index (χ3n) is 1.20. The largest absolute Gasteiger partial charge is 1.00 e. The van der Waals surface area contributed by atoms with E-state index in [0.29, 0.717) is 5.57 Å². The minimum Gasteiger partial charge on any atom is -1.00 e. The van der Waals surface area contributed by atoms with Crippen LogP contribution >= 0.6 is 0 Å². The average molecular weight is 231 g/mol. The molecule has 0 aromatic heterocycles. The van der Waals surface area contributed by atoms with Crippen molar-refractivity contribution in [3.05, 3.63) is 11.6 Å². The molecule has 0 amide bonds. The molecule has 0 aromatic rings. The second-order valence-corrected chi connectivity index (χ2v) is 2.83. The molecule has 72 valence electrons. The fourth-order valence-corrected chi connectivity index (χ4v) is 0.827. The van der Waals surface area contributed by atoms with E-state index < -0.39 is 17.3 Å². The SMILES string of the molecule is CCCC=C(C)C(=O)OS(=O)[O-].[H-].[K+]. The van der Waals surface area contributed by atoms with Crippen LogP contribution in [0.15, 0.2) is 11.6 Å². The van der Waals surface area contributed by atoms with Crippen LogP contribution in [0.1, 0.15) is 28.1 Å². The average Bonchev–Trinajstić information content (AvgIpc) is 1.98. The Morgan fingerprint density at radius 3 is 2.62 bits per heavy atom. The summed E-state index contributed by atoms with van der Waals surface area (Å²) >= 11 is -2.76. The topological polar surface area (TPSA) is 66.4 Å². The Kier molecular flexibility index (Phi) is 12.0. The maximum absolute atomic E-state index is 10.8. The normalized spacial score (nSPS) is 13.0. The molecule has 0 radical (unpaired) electrons. The molecular formula is C7H12KO4S-. The molecule has 0 rings (SSSR count). The van der Waals surface area contributed by atoms with Gasteiger partial charge in [0, 0.05) is 5.57 Å². The zero-order chi connectivity index (χ0) is 9.56. The van der Waals surface area contributed by atoms with Gasteiger partial charge in [-0.2, -0.15) is 0 Å². The fraction of sp³-hybridized carbons (Fsp3) is 0.571. The number of carbonyl (C=O) groups excluding carboxylic acids is 1. The van der Waals surface area contributed by atoms with Crippen LogP contribution in [0.5, 0.6) is 0 Å². The molecule has 1 atom stereocenters. The Bertz CT molecular complexity index is 220. The summed E-state index contributed by atoms with van der Waals surface area (Å²) in [5.74, 6) is -0.809.